The van der Waals surface area contributed by atoms with Crippen molar-refractivity contribution in [3.63, 3.8) is 0 Å². The quantitative estimate of drug-likeness (QED) is 0.603. The molecule has 30 heavy (non-hydrogen) atoms. The Morgan fingerprint density at radius 2 is 1.70 bits per heavy atom. The predicted octanol–water partition coefficient (Wildman–Crippen LogP) is 1.59. The molecule has 1 N–H and O–H groups in total. The summed E-state index contributed by atoms with van der Waals surface area (Å²) in [6, 6.07) is 6.20. The summed E-state index contributed by atoms with van der Waals surface area (Å²) in [5, 5.41) is 3.53. The second-order valence-electron chi connectivity index (χ2n) is 8.33. The summed E-state index contributed by atoms with van der Waals surface area (Å²) < 4.78 is 16.2. The lowest BCUT2D eigenvalue weighted by Gasteiger charge is -2.34. The van der Waals surface area contributed by atoms with Gasteiger partial charge in [0.2, 0.25) is 5.78 Å². The van der Waals surface area contributed by atoms with Gasteiger partial charge in [0.1, 0.15) is 5.75 Å². The van der Waals surface area contributed by atoms with Gasteiger partial charge in [-0.1, -0.05) is 6.07 Å². The van der Waals surface area contributed by atoms with Crippen molar-refractivity contribution in [1.29, 1.82) is 0 Å². The van der Waals surface area contributed by atoms with Crippen LogP contribution in [0.5, 0.6) is 5.75 Å². The minimum Gasteiger partial charge on any atom is -0.492 e. The highest BCUT2D eigenvalue weighted by Gasteiger charge is 2.85. The molecule has 0 bridgehead atoms. The van der Waals surface area contributed by atoms with E-state index in [4.69, 9.17) is 14.2 Å². The van der Waals surface area contributed by atoms with Crippen LogP contribution in [-0.4, -0.2) is 44.2 Å². The van der Waals surface area contributed by atoms with Crippen molar-refractivity contribution in [3.8, 4) is 5.75 Å². The monoisotopic (exact) mass is 405 g/mol. The second-order valence-corrected chi connectivity index (χ2v) is 8.33. The summed E-state index contributed by atoms with van der Waals surface area (Å²) in [4.78, 5) is 37.7. The number of piperidine rings is 2. The lowest BCUT2D eigenvalue weighted by Crippen LogP contribution is -2.43. The predicted molar refractivity (Wildman–Crippen MR) is 104 cm³/mol. The molecular weight excluding hydrogens is 386 g/mol. The third kappa shape index (κ3) is 2.05. The van der Waals surface area contributed by atoms with Crippen LogP contribution in [0.1, 0.15) is 22.3 Å². The first kappa shape index (κ1) is 17.7. The van der Waals surface area contributed by atoms with Crippen LogP contribution in [-0.2, 0) is 24.5 Å². The lowest BCUT2D eigenvalue weighted by molar-refractivity contribution is -0.118. The first-order valence-electron chi connectivity index (χ1n) is 9.96. The molecule has 3 fully saturated rings. The van der Waals surface area contributed by atoms with E-state index < -0.39 is 17.3 Å². The van der Waals surface area contributed by atoms with Gasteiger partial charge in [0.15, 0.2) is 17.3 Å². The van der Waals surface area contributed by atoms with Crippen LogP contribution < -0.4 is 10.1 Å². The van der Waals surface area contributed by atoms with Crippen LogP contribution in [0, 0.1) is 11.8 Å². The number of carbonyl (C=O) groups excluding carboxylic acids is 3. The number of benzene rings is 1. The van der Waals surface area contributed by atoms with Crippen molar-refractivity contribution in [2.75, 3.05) is 20.8 Å². The number of allylic oxidation sites excluding steroid dienone is 4. The zero-order chi connectivity index (χ0) is 20.8. The number of Topliss-reactive ketones (excluding diaryl/α,β-unsaturated/α-hetero) is 3. The Kier molecular flexibility index (Phi) is 3.35. The van der Waals surface area contributed by atoms with E-state index >= 15 is 0 Å². The number of fused-ring (bicyclic) bond motifs is 3. The number of nitrogens with one attached hydrogen (secondary N) is 1. The van der Waals surface area contributed by atoms with Crippen molar-refractivity contribution >= 4 is 17.3 Å². The molecule has 7 nitrogen and oxygen atoms in total. The Labute approximate surface area is 172 Å². The molecule has 1 aromatic rings. The molecule has 3 aliphatic carbocycles. The van der Waals surface area contributed by atoms with Gasteiger partial charge in [0.25, 0.3) is 11.6 Å². The Bertz CT molecular complexity index is 1120. The topological polar surface area (TPSA) is 90.9 Å². The molecule has 2 saturated carbocycles. The summed E-state index contributed by atoms with van der Waals surface area (Å²) in [7, 11) is 2.71. The highest BCUT2D eigenvalue weighted by atomic mass is 16.5. The van der Waals surface area contributed by atoms with Crippen LogP contribution in [0.3, 0.4) is 0 Å². The van der Waals surface area contributed by atoms with E-state index in [0.717, 1.165) is 13.0 Å². The van der Waals surface area contributed by atoms with Crippen molar-refractivity contribution < 1.29 is 28.6 Å². The molecule has 0 spiro atoms. The average Bonchev–Trinajstić information content (AvgIpc) is 3.68. The third-order valence-corrected chi connectivity index (χ3v) is 7.13. The zero-order valence-electron chi connectivity index (χ0n) is 16.5. The lowest BCUT2D eigenvalue weighted by atomic mass is 9.78. The number of carbonyl (C=O) groups is 3. The molecular formula is C23H19NO6. The first-order chi connectivity index (χ1) is 14.5. The van der Waals surface area contributed by atoms with Crippen LogP contribution >= 0.6 is 0 Å². The van der Waals surface area contributed by atoms with E-state index in [9.17, 15) is 14.4 Å². The number of ketones is 3. The SMILES string of the molecule is COC1=CC(=C2Oc3cc(C45CCNC6C4C65)ccc3C(=O)C2=O)C=C(OC)C1=O. The minimum atomic E-state index is -0.757. The molecule has 1 aromatic carbocycles. The van der Waals surface area contributed by atoms with Gasteiger partial charge in [-0.3, -0.25) is 14.4 Å². The van der Waals surface area contributed by atoms with E-state index in [0.29, 0.717) is 23.6 Å². The van der Waals surface area contributed by atoms with Gasteiger partial charge in [-0.15, -0.1) is 0 Å². The van der Waals surface area contributed by atoms with Gasteiger partial charge in [0.05, 0.1) is 19.8 Å². The van der Waals surface area contributed by atoms with Crippen LogP contribution in [0.4, 0.5) is 0 Å². The Morgan fingerprint density at radius 3 is 2.33 bits per heavy atom. The number of methoxy groups -OCH3 is 2. The molecule has 2 atom stereocenters. The van der Waals surface area contributed by atoms with Gasteiger partial charge in [-0.05, 0) is 54.6 Å². The summed E-state index contributed by atoms with van der Waals surface area (Å²) in [6.07, 6.45) is 3.86. The molecule has 0 aromatic heterocycles. The Balaban J connectivity index is 1.43. The molecule has 2 aliphatic heterocycles. The maximum absolute atomic E-state index is 12.8. The largest absolute Gasteiger partial charge is 0.492 e. The van der Waals surface area contributed by atoms with Crippen molar-refractivity contribution in [2.45, 2.75) is 17.9 Å². The first-order valence-corrected chi connectivity index (χ1v) is 9.96. The molecule has 152 valence electrons. The van der Waals surface area contributed by atoms with Gasteiger partial charge in [-0.2, -0.15) is 0 Å². The van der Waals surface area contributed by atoms with Gasteiger partial charge < -0.3 is 19.5 Å². The summed E-state index contributed by atoms with van der Waals surface area (Å²) in [5.74, 6) is -0.186. The number of rotatable bonds is 3. The van der Waals surface area contributed by atoms with Crippen molar-refractivity contribution in [3.05, 3.63) is 64.3 Å². The zero-order valence-corrected chi connectivity index (χ0v) is 16.5. The normalized spacial score (nSPS) is 33.1. The van der Waals surface area contributed by atoms with E-state index in [1.807, 2.05) is 12.1 Å². The van der Waals surface area contributed by atoms with E-state index in [1.165, 1.54) is 31.9 Å². The summed E-state index contributed by atoms with van der Waals surface area (Å²) >= 11 is 0. The van der Waals surface area contributed by atoms with E-state index in [1.54, 1.807) is 6.07 Å². The van der Waals surface area contributed by atoms with E-state index in [-0.39, 0.29) is 33.8 Å². The maximum Gasteiger partial charge on any atom is 0.269 e. The molecule has 7 heteroatoms. The smallest absolute Gasteiger partial charge is 0.269 e. The number of hydrogen-bond donors (Lipinski definition) is 1. The van der Waals surface area contributed by atoms with Gasteiger partial charge in [0, 0.05) is 17.0 Å². The summed E-state index contributed by atoms with van der Waals surface area (Å²) in [6.45, 7) is 0.992. The van der Waals surface area contributed by atoms with Crippen LogP contribution in [0.25, 0.3) is 0 Å². The fraction of sp³-hybridized carbons (Fsp3) is 0.348. The minimum absolute atomic E-state index is 0.0120. The standard InChI is InChI=1S/C23H19NO6/c1-28-14-7-10(8-15(29-2)20(14)26)22-21(27)19(25)12-4-3-11(9-13(12)30-22)23-5-6-24-18-16(23)17(18)23/h3-4,7-9,16-18,24H,5-6H2,1-2H3. The number of hydrogen-bond acceptors (Lipinski definition) is 7. The molecule has 5 aliphatic rings. The molecule has 1 saturated heterocycles. The second kappa shape index (κ2) is 5.70. The van der Waals surface area contributed by atoms with Crippen molar-refractivity contribution in [2.24, 2.45) is 11.8 Å². The Morgan fingerprint density at radius 1 is 1.00 bits per heavy atom. The highest BCUT2D eigenvalue weighted by molar-refractivity contribution is 6.50. The average molecular weight is 405 g/mol. The van der Waals surface area contributed by atoms with Gasteiger partial charge >= 0.3 is 0 Å². The molecule has 0 amide bonds. The van der Waals surface area contributed by atoms with E-state index in [2.05, 4.69) is 5.32 Å². The fourth-order valence-corrected chi connectivity index (χ4v) is 5.56. The van der Waals surface area contributed by atoms with Gasteiger partial charge in [-0.25, -0.2) is 0 Å². The number of ether oxygens (including phenoxy) is 3. The summed E-state index contributed by atoms with van der Waals surface area (Å²) in [5.41, 5.74) is 1.89. The highest BCUT2D eigenvalue weighted by Crippen LogP contribution is 2.80. The fourth-order valence-electron chi connectivity index (χ4n) is 5.56. The Hall–Kier alpha value is -3.19. The van der Waals surface area contributed by atoms with Crippen LogP contribution in [0.15, 0.2) is 53.2 Å². The maximum atomic E-state index is 12.8. The molecule has 2 heterocycles. The molecule has 0 radical (unpaired) electrons. The molecule has 2 unspecified atom stereocenters. The molecule has 6 rings (SSSR count). The third-order valence-electron chi connectivity index (χ3n) is 7.13. The van der Waals surface area contributed by atoms with Crippen molar-refractivity contribution in [1.82, 2.24) is 5.32 Å². The van der Waals surface area contributed by atoms with Crippen LogP contribution in [0.2, 0.25) is 0 Å².